The molecule has 34 heavy (non-hydrogen) atoms. The molecule has 0 spiro atoms. The number of halogens is 3. The van der Waals surface area contributed by atoms with Gasteiger partial charge in [-0.1, -0.05) is 18.2 Å². The largest absolute Gasteiger partial charge is 3.00 e. The third-order valence-corrected chi connectivity index (χ3v) is 4.74. The Morgan fingerprint density at radius 3 is 1.71 bits per heavy atom. The van der Waals surface area contributed by atoms with Gasteiger partial charge in [-0.15, -0.1) is 0 Å². The van der Waals surface area contributed by atoms with Crippen LogP contribution in [0.2, 0.25) is 0 Å². The normalized spacial score (nSPS) is 9.35. The van der Waals surface area contributed by atoms with Crippen molar-refractivity contribution < 1.29 is 74.0 Å². The molecule has 2 heterocycles. The summed E-state index contributed by atoms with van der Waals surface area (Å²) >= 11 is 0. The Bertz CT molecular complexity index is 1180. The van der Waals surface area contributed by atoms with Gasteiger partial charge in [0, 0.05) is 11.1 Å². The molecular weight excluding hydrogens is 542 g/mol. The molecule has 0 radical (unpaired) electrons. The van der Waals surface area contributed by atoms with Crippen molar-refractivity contribution in [2.45, 2.75) is 0 Å². The fraction of sp³-hybridized carbons (Fsp3) is 0.0833. The van der Waals surface area contributed by atoms with Crippen molar-refractivity contribution in [1.29, 1.82) is 0 Å². The Labute approximate surface area is 227 Å². The van der Waals surface area contributed by atoms with Gasteiger partial charge < -0.3 is 56.9 Å². The molecule has 0 amide bonds. The van der Waals surface area contributed by atoms with E-state index in [-0.39, 0.29) is 65.8 Å². The van der Waals surface area contributed by atoms with Crippen LogP contribution >= 0.6 is 0 Å². The molecule has 6 nitrogen and oxygen atoms in total. The summed E-state index contributed by atoms with van der Waals surface area (Å²) in [5.74, 6) is 1.16. The van der Waals surface area contributed by atoms with E-state index in [0.29, 0.717) is 45.4 Å². The van der Waals surface area contributed by atoms with E-state index < -0.39 is 0 Å². The van der Waals surface area contributed by atoms with E-state index in [1.165, 1.54) is 7.11 Å². The Morgan fingerprint density at radius 1 is 0.618 bits per heavy atom. The zero-order chi connectivity index (χ0) is 21.1. The number of aromatic nitrogens is 2. The van der Waals surface area contributed by atoms with E-state index in [1.54, 1.807) is 43.5 Å². The summed E-state index contributed by atoms with van der Waals surface area (Å²) < 4.78 is 10.4. The van der Waals surface area contributed by atoms with Crippen LogP contribution in [0.1, 0.15) is 0 Å². The maximum absolute atomic E-state index is 10.5. The van der Waals surface area contributed by atoms with Gasteiger partial charge in [-0.05, 0) is 54.6 Å². The van der Waals surface area contributed by atoms with Crippen LogP contribution in [0.25, 0.3) is 33.9 Å². The van der Waals surface area contributed by atoms with E-state index in [1.807, 2.05) is 36.4 Å². The summed E-state index contributed by atoms with van der Waals surface area (Å²) in [6, 6.07) is 21.3. The second kappa shape index (κ2) is 13.9. The predicted molar refractivity (Wildman–Crippen MR) is 115 cm³/mol. The zero-order valence-electron chi connectivity index (χ0n) is 18.0. The molecule has 2 N–H and O–H groups in total. The minimum absolute atomic E-state index is 0. The predicted octanol–water partition coefficient (Wildman–Crippen LogP) is -4.08. The molecule has 0 saturated carbocycles. The topological polar surface area (TPSA) is 84.7 Å². The first kappa shape index (κ1) is 31.3. The van der Waals surface area contributed by atoms with Gasteiger partial charge >= 0.3 is 17.1 Å². The second-order valence-electron chi connectivity index (χ2n) is 6.56. The number of rotatable bonds is 5. The Kier molecular flexibility index (Phi) is 12.8. The summed E-state index contributed by atoms with van der Waals surface area (Å²) in [5.41, 5.74) is 3.61. The van der Waals surface area contributed by atoms with Gasteiger partial charge in [-0.25, -0.2) is 9.97 Å². The molecule has 0 fully saturated rings. The second-order valence-corrected chi connectivity index (χ2v) is 6.56. The van der Waals surface area contributed by atoms with Crippen LogP contribution in [-0.2, 0) is 17.1 Å². The summed E-state index contributed by atoms with van der Waals surface area (Å²) in [6.45, 7) is 0. The molecule has 0 saturated heterocycles. The average molecular weight is 562 g/mol. The van der Waals surface area contributed by atoms with Crippen LogP contribution in [0.5, 0.6) is 23.0 Å². The van der Waals surface area contributed by atoms with Crippen LogP contribution in [0.3, 0.4) is 0 Å². The van der Waals surface area contributed by atoms with E-state index in [2.05, 4.69) is 9.97 Å². The van der Waals surface area contributed by atoms with Crippen LogP contribution in [0, 0.1) is 0 Å². The monoisotopic (exact) mass is 560 g/mol. The molecule has 0 unspecified atom stereocenters. The maximum Gasteiger partial charge on any atom is 3.00 e. The molecular formula is C24H20Cl3MnN2O4. The van der Waals surface area contributed by atoms with Crippen LogP contribution in [0.15, 0.2) is 72.8 Å². The number of benzene rings is 2. The Balaban J connectivity index is 0.00000272. The van der Waals surface area contributed by atoms with E-state index >= 15 is 0 Å². The number of methoxy groups -OCH3 is 2. The van der Waals surface area contributed by atoms with Gasteiger partial charge in [0.15, 0.2) is 11.5 Å². The standard InChI is InChI=1S/C24H20N2O4.3ClH.Mn/c1-29-15-12-13-22(27)17(14-15)19-8-5-10-21(26-19)20-9-4-7-18(25-20)16-6-3-11-23(30-2)24(16)28;;;;/h3-14,27-28H,1-2H3;3*1H;/q;;;;+3/p-3. The number of hydrogen-bond donors (Lipinski definition) is 2. The molecule has 10 heteroatoms. The number of phenols is 2. The van der Waals surface area contributed by atoms with E-state index in [0.717, 1.165) is 0 Å². The van der Waals surface area contributed by atoms with Gasteiger partial charge in [0.1, 0.15) is 11.5 Å². The first-order valence-electron chi connectivity index (χ1n) is 9.29. The fourth-order valence-electron chi connectivity index (χ4n) is 3.20. The van der Waals surface area contributed by atoms with Crippen LogP contribution in [0.4, 0.5) is 0 Å². The Morgan fingerprint density at radius 2 is 1.15 bits per heavy atom. The van der Waals surface area contributed by atoms with Crippen molar-refractivity contribution in [1.82, 2.24) is 9.97 Å². The fourth-order valence-corrected chi connectivity index (χ4v) is 3.20. The van der Waals surface area contributed by atoms with Crippen LogP contribution in [-0.4, -0.2) is 34.4 Å². The van der Waals surface area contributed by atoms with Crippen LogP contribution < -0.4 is 46.7 Å². The number of nitrogens with zero attached hydrogens (tertiary/aromatic N) is 2. The minimum Gasteiger partial charge on any atom is -1.00 e. The molecule has 4 rings (SSSR count). The summed E-state index contributed by atoms with van der Waals surface area (Å²) in [5, 5.41) is 20.7. The average Bonchev–Trinajstić information content (AvgIpc) is 2.80. The van der Waals surface area contributed by atoms with Gasteiger partial charge in [0.25, 0.3) is 0 Å². The molecule has 0 atom stereocenters. The molecule has 0 aliphatic heterocycles. The molecule has 0 aliphatic carbocycles. The maximum atomic E-state index is 10.5. The van der Waals surface area contributed by atoms with Crippen molar-refractivity contribution in [2.24, 2.45) is 0 Å². The molecule has 178 valence electrons. The third-order valence-electron chi connectivity index (χ3n) is 4.74. The van der Waals surface area contributed by atoms with Gasteiger partial charge in [-0.2, -0.15) is 0 Å². The summed E-state index contributed by atoms with van der Waals surface area (Å²) in [6.07, 6.45) is 0. The van der Waals surface area contributed by atoms with E-state index in [4.69, 9.17) is 9.47 Å². The van der Waals surface area contributed by atoms with Crippen molar-refractivity contribution in [3.05, 3.63) is 72.8 Å². The first-order valence-corrected chi connectivity index (χ1v) is 9.29. The quantitative estimate of drug-likeness (QED) is 0.241. The number of pyridine rings is 2. The number of hydrogen-bond acceptors (Lipinski definition) is 6. The van der Waals surface area contributed by atoms with Gasteiger partial charge in [0.2, 0.25) is 0 Å². The van der Waals surface area contributed by atoms with Crippen molar-refractivity contribution in [3.63, 3.8) is 0 Å². The van der Waals surface area contributed by atoms with Gasteiger partial charge in [0.05, 0.1) is 37.0 Å². The first-order chi connectivity index (χ1) is 14.6. The molecule has 2 aromatic carbocycles. The number of para-hydroxylation sites is 1. The Hall–Kier alpha value is -2.67. The molecule has 0 aliphatic rings. The SMILES string of the molecule is COc1ccc(O)c(-c2cccc(-c3cccc(-c4cccc(OC)c4O)n3)n2)c1.[Cl-].[Cl-].[Cl-].[Mn+3]. The summed E-state index contributed by atoms with van der Waals surface area (Å²) in [7, 11) is 3.08. The van der Waals surface area contributed by atoms with Crippen molar-refractivity contribution >= 4 is 0 Å². The number of phenolic OH excluding ortho intramolecular Hbond substituents is 2. The summed E-state index contributed by atoms with van der Waals surface area (Å²) in [4.78, 5) is 9.35. The van der Waals surface area contributed by atoms with Crippen molar-refractivity contribution in [3.8, 4) is 56.9 Å². The number of aromatic hydroxyl groups is 2. The van der Waals surface area contributed by atoms with E-state index in [9.17, 15) is 10.2 Å². The number of ether oxygens (including phenoxy) is 2. The third kappa shape index (κ3) is 6.47. The molecule has 2 aromatic heterocycles. The molecule has 0 bridgehead atoms. The molecule has 4 aromatic rings. The zero-order valence-corrected chi connectivity index (χ0v) is 21.5. The minimum atomic E-state index is 0. The smallest absolute Gasteiger partial charge is 1.00 e. The van der Waals surface area contributed by atoms with Gasteiger partial charge in [-0.3, -0.25) is 0 Å². The van der Waals surface area contributed by atoms with Crippen molar-refractivity contribution in [2.75, 3.05) is 14.2 Å².